The van der Waals surface area contributed by atoms with Crippen LogP contribution in [0, 0.1) is 0 Å². The van der Waals surface area contributed by atoms with E-state index < -0.39 is 0 Å². The summed E-state index contributed by atoms with van der Waals surface area (Å²) in [5, 5.41) is 5.04. The third kappa shape index (κ3) is 4.63. The van der Waals surface area contributed by atoms with Crippen molar-refractivity contribution in [3.8, 4) is 0 Å². The Morgan fingerprint density at radius 3 is 2.65 bits per heavy atom. The van der Waals surface area contributed by atoms with Crippen molar-refractivity contribution >= 4 is 23.2 Å². The molecule has 2 unspecified atom stereocenters. The van der Waals surface area contributed by atoms with Crippen LogP contribution in [0.1, 0.15) is 38.2 Å². The topological polar surface area (TPSA) is 21.3 Å². The second kappa shape index (κ2) is 8.23. The van der Waals surface area contributed by atoms with Gasteiger partial charge >= 0.3 is 0 Å². The number of likely N-dealkylation sites (N-methyl/N-ethyl adjacent to an activating group) is 1. The van der Waals surface area contributed by atoms with E-state index in [9.17, 15) is 0 Å². The normalized spacial score (nSPS) is 20.9. The Morgan fingerprint density at radius 2 is 2.05 bits per heavy atom. The molecule has 0 spiro atoms. The summed E-state index contributed by atoms with van der Waals surface area (Å²) in [6, 6.07) is 6.06. The number of benzene rings is 1. The van der Waals surface area contributed by atoms with E-state index in [1.165, 1.54) is 12.8 Å². The maximum absolute atomic E-state index is 6.27. The molecule has 0 aliphatic carbocycles. The third-order valence-electron chi connectivity index (χ3n) is 3.83. The van der Waals surface area contributed by atoms with Gasteiger partial charge in [0, 0.05) is 22.7 Å². The van der Waals surface area contributed by atoms with Crippen molar-refractivity contribution in [3.05, 3.63) is 33.8 Å². The van der Waals surface area contributed by atoms with Crippen molar-refractivity contribution in [3.63, 3.8) is 0 Å². The molecular weight excluding hydrogens is 293 g/mol. The lowest BCUT2D eigenvalue weighted by Gasteiger charge is -2.28. The molecule has 0 bridgehead atoms. The fraction of sp³-hybridized carbons (Fsp3) is 0.625. The molecular formula is C16H23Cl2NO. The fourth-order valence-electron chi connectivity index (χ4n) is 2.81. The minimum Gasteiger partial charge on any atom is -0.378 e. The van der Waals surface area contributed by atoms with Crippen LogP contribution < -0.4 is 5.32 Å². The molecule has 112 valence electrons. The number of halogens is 2. The lowest BCUT2D eigenvalue weighted by Crippen LogP contribution is -2.36. The Morgan fingerprint density at radius 1 is 1.30 bits per heavy atom. The Balaban J connectivity index is 2.00. The average Bonchev–Trinajstić information content (AvgIpc) is 2.44. The smallest absolute Gasteiger partial charge is 0.0590 e. The van der Waals surface area contributed by atoms with Crippen molar-refractivity contribution in [1.29, 1.82) is 0 Å². The van der Waals surface area contributed by atoms with Crippen molar-refractivity contribution < 1.29 is 4.74 Å². The first-order chi connectivity index (χ1) is 9.70. The molecule has 4 heteroatoms. The molecule has 1 fully saturated rings. The van der Waals surface area contributed by atoms with Crippen molar-refractivity contribution in [2.45, 2.75) is 51.2 Å². The molecule has 0 amide bonds. The molecule has 2 nitrogen and oxygen atoms in total. The van der Waals surface area contributed by atoms with E-state index >= 15 is 0 Å². The van der Waals surface area contributed by atoms with Gasteiger partial charge < -0.3 is 10.1 Å². The Hall–Kier alpha value is -0.280. The zero-order valence-electron chi connectivity index (χ0n) is 12.0. The third-order valence-corrected chi connectivity index (χ3v) is 4.53. The number of nitrogens with one attached hydrogen (secondary N) is 1. The molecule has 0 radical (unpaired) electrons. The van der Waals surface area contributed by atoms with Crippen molar-refractivity contribution in [2.75, 3.05) is 13.2 Å². The first kappa shape index (κ1) is 16.1. The van der Waals surface area contributed by atoms with Gasteiger partial charge in [0.05, 0.1) is 6.10 Å². The van der Waals surface area contributed by atoms with Gasteiger partial charge in [-0.1, -0.05) is 36.2 Å². The molecule has 1 aliphatic heterocycles. The summed E-state index contributed by atoms with van der Waals surface area (Å²) in [5.41, 5.74) is 1.04. The lowest BCUT2D eigenvalue weighted by molar-refractivity contribution is 0.00535. The van der Waals surface area contributed by atoms with Crippen LogP contribution >= 0.6 is 23.2 Å². The Labute approximate surface area is 131 Å². The summed E-state index contributed by atoms with van der Waals surface area (Å²) in [5.74, 6) is 0. The maximum Gasteiger partial charge on any atom is 0.0590 e. The number of hydrogen-bond acceptors (Lipinski definition) is 2. The van der Waals surface area contributed by atoms with Crippen LogP contribution in [0.25, 0.3) is 0 Å². The molecule has 2 atom stereocenters. The molecule has 1 saturated heterocycles. The molecule has 1 aromatic rings. The van der Waals surface area contributed by atoms with E-state index in [-0.39, 0.29) is 0 Å². The van der Waals surface area contributed by atoms with Gasteiger partial charge in [-0.3, -0.25) is 0 Å². The molecule has 1 N–H and O–H groups in total. The minimum atomic E-state index is 0.362. The van der Waals surface area contributed by atoms with E-state index in [1.807, 2.05) is 18.2 Å². The van der Waals surface area contributed by atoms with Crippen LogP contribution in [-0.4, -0.2) is 25.3 Å². The van der Waals surface area contributed by atoms with Crippen LogP contribution in [0.3, 0.4) is 0 Å². The highest BCUT2D eigenvalue weighted by Crippen LogP contribution is 2.27. The zero-order valence-corrected chi connectivity index (χ0v) is 13.5. The molecule has 1 aromatic carbocycles. The second-order valence-corrected chi connectivity index (χ2v) is 6.20. The highest BCUT2D eigenvalue weighted by atomic mass is 35.5. The SMILES string of the molecule is CCNC(Cc1c(Cl)cccc1Cl)CC1CCCCO1. The lowest BCUT2D eigenvalue weighted by atomic mass is 9.96. The monoisotopic (exact) mass is 315 g/mol. The van der Waals surface area contributed by atoms with E-state index in [4.69, 9.17) is 27.9 Å². The van der Waals surface area contributed by atoms with Crippen LogP contribution in [0.5, 0.6) is 0 Å². The predicted molar refractivity (Wildman–Crippen MR) is 85.8 cm³/mol. The van der Waals surface area contributed by atoms with E-state index in [1.54, 1.807) is 0 Å². The average molecular weight is 316 g/mol. The first-order valence-electron chi connectivity index (χ1n) is 7.48. The Bertz CT molecular complexity index is 399. The first-order valence-corrected chi connectivity index (χ1v) is 8.24. The van der Waals surface area contributed by atoms with Gasteiger partial charge in [-0.05, 0) is 56.3 Å². The molecule has 0 saturated carbocycles. The highest BCUT2D eigenvalue weighted by molar-refractivity contribution is 6.36. The molecule has 1 heterocycles. The highest BCUT2D eigenvalue weighted by Gasteiger charge is 2.20. The zero-order chi connectivity index (χ0) is 14.4. The van der Waals surface area contributed by atoms with Crippen molar-refractivity contribution in [2.24, 2.45) is 0 Å². The molecule has 1 aliphatic rings. The minimum absolute atomic E-state index is 0.362. The van der Waals surface area contributed by atoms with Gasteiger partial charge in [-0.25, -0.2) is 0 Å². The van der Waals surface area contributed by atoms with Gasteiger partial charge in [0.1, 0.15) is 0 Å². The Kier molecular flexibility index (Phi) is 6.63. The fourth-order valence-corrected chi connectivity index (χ4v) is 3.36. The van der Waals surface area contributed by atoms with Gasteiger partial charge in [0.25, 0.3) is 0 Å². The number of ether oxygens (including phenoxy) is 1. The van der Waals surface area contributed by atoms with Crippen molar-refractivity contribution in [1.82, 2.24) is 5.32 Å². The largest absolute Gasteiger partial charge is 0.378 e. The van der Waals surface area contributed by atoms with Gasteiger partial charge in [-0.15, -0.1) is 0 Å². The maximum atomic E-state index is 6.27. The van der Waals surface area contributed by atoms with E-state index in [2.05, 4.69) is 12.2 Å². The summed E-state index contributed by atoms with van der Waals surface area (Å²) in [7, 11) is 0. The van der Waals surface area contributed by atoms with Crippen LogP contribution in [-0.2, 0) is 11.2 Å². The number of hydrogen-bond donors (Lipinski definition) is 1. The summed E-state index contributed by atoms with van der Waals surface area (Å²) in [6.45, 7) is 3.97. The van der Waals surface area contributed by atoms with E-state index in [0.717, 1.165) is 48.0 Å². The summed E-state index contributed by atoms with van der Waals surface area (Å²) >= 11 is 12.5. The second-order valence-electron chi connectivity index (χ2n) is 5.38. The molecule has 20 heavy (non-hydrogen) atoms. The molecule has 2 rings (SSSR count). The predicted octanol–water partition coefficient (Wildman–Crippen LogP) is 4.47. The summed E-state index contributed by atoms with van der Waals surface area (Å²) in [4.78, 5) is 0. The van der Waals surface area contributed by atoms with Crippen LogP contribution in [0.4, 0.5) is 0 Å². The summed E-state index contributed by atoms with van der Waals surface area (Å²) < 4.78 is 5.85. The van der Waals surface area contributed by atoms with Gasteiger partial charge in [-0.2, -0.15) is 0 Å². The van der Waals surface area contributed by atoms with Crippen LogP contribution in [0.2, 0.25) is 10.0 Å². The number of rotatable bonds is 6. The van der Waals surface area contributed by atoms with Gasteiger partial charge in [0.15, 0.2) is 0 Å². The van der Waals surface area contributed by atoms with Gasteiger partial charge in [0.2, 0.25) is 0 Å². The standard InChI is InChI=1S/C16H23Cl2NO/c1-2-19-12(10-13-6-3-4-9-20-13)11-14-15(17)7-5-8-16(14)18/h5,7-8,12-13,19H,2-4,6,9-11H2,1H3. The quantitative estimate of drug-likeness (QED) is 0.836. The summed E-state index contributed by atoms with van der Waals surface area (Å²) in [6.07, 6.45) is 5.88. The van der Waals surface area contributed by atoms with Crippen LogP contribution in [0.15, 0.2) is 18.2 Å². The van der Waals surface area contributed by atoms with E-state index in [0.29, 0.717) is 12.1 Å². The molecule has 0 aromatic heterocycles.